The molecule has 0 radical (unpaired) electrons. The van der Waals surface area contributed by atoms with E-state index >= 15 is 0 Å². The summed E-state index contributed by atoms with van der Waals surface area (Å²) in [6.45, 7) is 7.35. The maximum atomic E-state index is 5.82. The molecule has 3 heteroatoms. The van der Waals surface area contributed by atoms with Gasteiger partial charge in [0.05, 0.1) is 19.3 Å². The largest absolute Gasteiger partial charge is 0.375 e. The first-order chi connectivity index (χ1) is 6.57. The van der Waals surface area contributed by atoms with Crippen molar-refractivity contribution in [2.24, 2.45) is 0 Å². The van der Waals surface area contributed by atoms with Gasteiger partial charge in [-0.3, -0.25) is 0 Å². The molecule has 2 rings (SSSR count). The topological polar surface area (TPSA) is 27.7 Å². The van der Waals surface area contributed by atoms with Crippen molar-refractivity contribution >= 4 is 0 Å². The SMILES string of the molecule is C/C1=C/COC[C@@H]2OC(C)(C)O[C@@H]2C1. The monoisotopic (exact) mass is 198 g/mol. The molecule has 0 saturated carbocycles. The third-order valence-corrected chi connectivity index (χ3v) is 2.64. The molecule has 0 N–H and O–H groups in total. The predicted molar refractivity (Wildman–Crippen MR) is 53.0 cm³/mol. The molecule has 1 saturated heterocycles. The fourth-order valence-electron chi connectivity index (χ4n) is 2.01. The van der Waals surface area contributed by atoms with Crippen molar-refractivity contribution in [2.75, 3.05) is 13.2 Å². The lowest BCUT2D eigenvalue weighted by atomic mass is 10.0. The quantitative estimate of drug-likeness (QED) is 0.556. The fourth-order valence-corrected chi connectivity index (χ4v) is 2.01. The normalized spacial score (nSPS) is 40.6. The zero-order valence-electron chi connectivity index (χ0n) is 9.08. The number of rotatable bonds is 0. The zero-order chi connectivity index (χ0) is 10.2. The Kier molecular flexibility index (Phi) is 2.64. The molecular formula is C11H18O3. The zero-order valence-corrected chi connectivity index (χ0v) is 9.08. The summed E-state index contributed by atoms with van der Waals surface area (Å²) in [7, 11) is 0. The highest BCUT2D eigenvalue weighted by Gasteiger charge is 2.41. The van der Waals surface area contributed by atoms with E-state index in [4.69, 9.17) is 14.2 Å². The van der Waals surface area contributed by atoms with E-state index in [1.165, 1.54) is 5.57 Å². The summed E-state index contributed by atoms with van der Waals surface area (Å²) in [4.78, 5) is 0. The van der Waals surface area contributed by atoms with Gasteiger partial charge in [-0.15, -0.1) is 0 Å². The summed E-state index contributed by atoms with van der Waals surface area (Å²) in [6, 6.07) is 0. The third-order valence-electron chi connectivity index (χ3n) is 2.64. The average molecular weight is 198 g/mol. The van der Waals surface area contributed by atoms with Gasteiger partial charge in [0.1, 0.15) is 6.10 Å². The van der Waals surface area contributed by atoms with Crippen LogP contribution in [0.1, 0.15) is 27.2 Å². The average Bonchev–Trinajstić information content (AvgIpc) is 2.31. The van der Waals surface area contributed by atoms with Crippen molar-refractivity contribution in [3.8, 4) is 0 Å². The van der Waals surface area contributed by atoms with Crippen LogP contribution in [-0.2, 0) is 14.2 Å². The highest BCUT2D eigenvalue weighted by atomic mass is 16.8. The summed E-state index contributed by atoms with van der Waals surface area (Å²) >= 11 is 0. The van der Waals surface area contributed by atoms with Crippen molar-refractivity contribution in [2.45, 2.75) is 45.2 Å². The van der Waals surface area contributed by atoms with Gasteiger partial charge in [-0.25, -0.2) is 0 Å². The maximum absolute atomic E-state index is 5.82. The van der Waals surface area contributed by atoms with Crippen molar-refractivity contribution in [1.82, 2.24) is 0 Å². The van der Waals surface area contributed by atoms with Gasteiger partial charge in [-0.05, 0) is 27.2 Å². The summed E-state index contributed by atoms with van der Waals surface area (Å²) in [5.41, 5.74) is 1.32. The minimum absolute atomic E-state index is 0.0913. The van der Waals surface area contributed by atoms with Crippen molar-refractivity contribution in [3.05, 3.63) is 11.6 Å². The van der Waals surface area contributed by atoms with E-state index in [0.717, 1.165) is 6.42 Å². The van der Waals surface area contributed by atoms with Gasteiger partial charge in [0.25, 0.3) is 0 Å². The first-order valence-corrected chi connectivity index (χ1v) is 5.16. The molecule has 14 heavy (non-hydrogen) atoms. The van der Waals surface area contributed by atoms with Crippen LogP contribution in [0.15, 0.2) is 11.6 Å². The summed E-state index contributed by atoms with van der Waals surface area (Å²) in [6.07, 6.45) is 3.32. The molecule has 0 spiro atoms. The Bertz CT molecular complexity index is 245. The number of hydrogen-bond acceptors (Lipinski definition) is 3. The highest BCUT2D eigenvalue weighted by molar-refractivity contribution is 5.03. The van der Waals surface area contributed by atoms with Gasteiger partial charge in [-0.1, -0.05) is 11.6 Å². The second kappa shape index (κ2) is 3.65. The van der Waals surface area contributed by atoms with Gasteiger partial charge >= 0.3 is 0 Å². The minimum Gasteiger partial charge on any atom is -0.375 e. The van der Waals surface area contributed by atoms with E-state index in [9.17, 15) is 0 Å². The lowest BCUT2D eigenvalue weighted by Crippen LogP contribution is -2.29. The molecule has 2 aliphatic heterocycles. The van der Waals surface area contributed by atoms with Crippen LogP contribution in [0.3, 0.4) is 0 Å². The molecule has 80 valence electrons. The van der Waals surface area contributed by atoms with Gasteiger partial charge in [-0.2, -0.15) is 0 Å². The molecule has 0 amide bonds. The lowest BCUT2D eigenvalue weighted by Gasteiger charge is -2.19. The van der Waals surface area contributed by atoms with E-state index in [-0.39, 0.29) is 12.2 Å². The van der Waals surface area contributed by atoms with Gasteiger partial charge < -0.3 is 14.2 Å². The Morgan fingerprint density at radius 1 is 1.29 bits per heavy atom. The molecule has 2 heterocycles. The molecule has 0 aromatic heterocycles. The molecule has 0 aliphatic carbocycles. The van der Waals surface area contributed by atoms with Crippen LogP contribution >= 0.6 is 0 Å². The standard InChI is InChI=1S/C11H18O3/c1-8-4-5-12-7-10-9(6-8)13-11(2,3)14-10/h4,9-10H,5-7H2,1-3H3/b8-4-/t9-,10+/m1/s1. The van der Waals surface area contributed by atoms with Crippen molar-refractivity contribution < 1.29 is 14.2 Å². The van der Waals surface area contributed by atoms with Crippen molar-refractivity contribution in [3.63, 3.8) is 0 Å². The molecule has 2 aliphatic rings. The molecule has 0 unspecified atom stereocenters. The minimum atomic E-state index is -0.455. The highest BCUT2D eigenvalue weighted by Crippen LogP contribution is 2.32. The number of ether oxygens (including phenoxy) is 3. The predicted octanol–water partition coefficient (Wildman–Crippen LogP) is 1.87. The second-order valence-electron chi connectivity index (χ2n) is 4.50. The van der Waals surface area contributed by atoms with E-state index in [1.54, 1.807) is 0 Å². The summed E-state index contributed by atoms with van der Waals surface area (Å²) < 4.78 is 17.0. The van der Waals surface area contributed by atoms with Crippen LogP contribution < -0.4 is 0 Å². The molecule has 0 bridgehead atoms. The molecule has 1 fully saturated rings. The molecule has 0 aromatic rings. The molecule has 0 aromatic carbocycles. The van der Waals surface area contributed by atoms with Gasteiger partial charge in [0.2, 0.25) is 0 Å². The maximum Gasteiger partial charge on any atom is 0.163 e. The van der Waals surface area contributed by atoms with Crippen LogP contribution in [0, 0.1) is 0 Å². The first kappa shape index (κ1) is 10.1. The summed E-state index contributed by atoms with van der Waals surface area (Å²) in [5, 5.41) is 0. The summed E-state index contributed by atoms with van der Waals surface area (Å²) in [5.74, 6) is -0.455. The van der Waals surface area contributed by atoms with Crippen LogP contribution in [0.5, 0.6) is 0 Å². The molecular weight excluding hydrogens is 180 g/mol. The number of hydrogen-bond donors (Lipinski definition) is 0. The van der Waals surface area contributed by atoms with Crippen LogP contribution in [-0.4, -0.2) is 31.2 Å². The van der Waals surface area contributed by atoms with Crippen molar-refractivity contribution in [1.29, 1.82) is 0 Å². The van der Waals surface area contributed by atoms with Crippen LogP contribution in [0.4, 0.5) is 0 Å². The van der Waals surface area contributed by atoms with E-state index < -0.39 is 5.79 Å². The number of fused-ring (bicyclic) bond motifs is 1. The van der Waals surface area contributed by atoms with E-state index in [0.29, 0.717) is 13.2 Å². The Morgan fingerprint density at radius 2 is 2.00 bits per heavy atom. The lowest BCUT2D eigenvalue weighted by molar-refractivity contribution is -0.150. The third kappa shape index (κ3) is 2.16. The Hall–Kier alpha value is -0.380. The second-order valence-corrected chi connectivity index (χ2v) is 4.50. The van der Waals surface area contributed by atoms with E-state index in [2.05, 4.69) is 13.0 Å². The molecule has 3 nitrogen and oxygen atoms in total. The molecule has 2 atom stereocenters. The van der Waals surface area contributed by atoms with Crippen LogP contribution in [0.25, 0.3) is 0 Å². The Morgan fingerprint density at radius 3 is 2.79 bits per heavy atom. The first-order valence-electron chi connectivity index (χ1n) is 5.16. The van der Waals surface area contributed by atoms with E-state index in [1.807, 2.05) is 13.8 Å². The Balaban J connectivity index is 2.09. The smallest absolute Gasteiger partial charge is 0.163 e. The van der Waals surface area contributed by atoms with Crippen LogP contribution in [0.2, 0.25) is 0 Å². The van der Waals surface area contributed by atoms with Gasteiger partial charge in [0.15, 0.2) is 5.79 Å². The fraction of sp³-hybridized carbons (Fsp3) is 0.818. The Labute approximate surface area is 85.0 Å². The van der Waals surface area contributed by atoms with Gasteiger partial charge in [0, 0.05) is 0 Å².